The molecule has 2 aromatic carbocycles. The number of nitrogens with zero attached hydrogens (tertiary/aromatic N) is 1. The van der Waals surface area contributed by atoms with Gasteiger partial charge >= 0.3 is 0 Å². The highest BCUT2D eigenvalue weighted by Gasteiger charge is 2.35. The molecular weight excluding hydrogens is 430 g/mol. The molecule has 2 amide bonds. The molecule has 3 N–H and O–H groups in total. The number of ketones is 1. The quantitative estimate of drug-likeness (QED) is 0.197. The fourth-order valence-corrected chi connectivity index (χ4v) is 3.58. The number of carbonyl (C=O) groups is 3. The van der Waals surface area contributed by atoms with E-state index in [9.17, 15) is 14.4 Å². The molecular formula is C27H37N3O4. The number of unbranched alkanes of at least 4 members (excludes halogenated alkanes) is 1. The van der Waals surface area contributed by atoms with E-state index in [0.717, 1.165) is 18.4 Å². The number of benzene rings is 2. The summed E-state index contributed by atoms with van der Waals surface area (Å²) in [4.78, 5) is 43.9. The molecule has 34 heavy (non-hydrogen) atoms. The van der Waals surface area contributed by atoms with Gasteiger partial charge in [0.25, 0.3) is 0 Å². The molecule has 0 aromatic heterocycles. The molecule has 0 saturated carbocycles. The van der Waals surface area contributed by atoms with Crippen LogP contribution in [0.5, 0.6) is 0 Å². The number of nitrogens with one attached hydrogen (secondary N) is 1. The second kappa shape index (κ2) is 12.9. The van der Waals surface area contributed by atoms with Gasteiger partial charge in [-0.05, 0) is 41.7 Å². The largest absolute Gasteiger partial charge is 0.399 e. The molecule has 2 aromatic rings. The lowest BCUT2D eigenvalue weighted by Crippen LogP contribution is -2.52. The Morgan fingerprint density at radius 3 is 2.29 bits per heavy atom. The van der Waals surface area contributed by atoms with Gasteiger partial charge in [-0.15, -0.1) is 0 Å². The summed E-state index contributed by atoms with van der Waals surface area (Å²) in [6.07, 6.45) is 2.89. The van der Waals surface area contributed by atoms with Crippen LogP contribution in [-0.2, 0) is 21.0 Å². The average molecular weight is 468 g/mol. The Morgan fingerprint density at radius 1 is 1.09 bits per heavy atom. The highest BCUT2D eigenvalue weighted by molar-refractivity contribution is 6.02. The van der Waals surface area contributed by atoms with E-state index in [4.69, 9.17) is 10.6 Å². The Morgan fingerprint density at radius 2 is 1.74 bits per heavy atom. The summed E-state index contributed by atoms with van der Waals surface area (Å²) in [6.45, 7) is 8.11. The lowest BCUT2D eigenvalue weighted by Gasteiger charge is -2.32. The third kappa shape index (κ3) is 8.30. The van der Waals surface area contributed by atoms with Crippen LogP contribution in [0, 0.1) is 11.3 Å². The minimum Gasteiger partial charge on any atom is -0.399 e. The Kier molecular flexibility index (Phi) is 10.3. The number of hydrogen-bond donors (Lipinski definition) is 2. The van der Waals surface area contributed by atoms with E-state index in [-0.39, 0.29) is 24.8 Å². The number of nitrogens with two attached hydrogens (primary N) is 1. The van der Waals surface area contributed by atoms with Crippen molar-refractivity contribution in [2.75, 3.05) is 12.3 Å². The van der Waals surface area contributed by atoms with Crippen molar-refractivity contribution in [2.45, 2.75) is 59.6 Å². The van der Waals surface area contributed by atoms with Crippen LogP contribution in [0.3, 0.4) is 0 Å². The van der Waals surface area contributed by atoms with E-state index >= 15 is 0 Å². The van der Waals surface area contributed by atoms with Gasteiger partial charge in [0.2, 0.25) is 12.3 Å². The van der Waals surface area contributed by atoms with Crippen molar-refractivity contribution < 1.29 is 19.2 Å². The Balaban J connectivity index is 2.14. The summed E-state index contributed by atoms with van der Waals surface area (Å²) in [7, 11) is 0. The average Bonchev–Trinajstić information content (AvgIpc) is 2.82. The first kappa shape index (κ1) is 27.1. The molecule has 0 saturated heterocycles. The van der Waals surface area contributed by atoms with Gasteiger partial charge in [-0.25, -0.2) is 5.06 Å². The highest BCUT2D eigenvalue weighted by atomic mass is 16.7. The molecule has 7 nitrogen and oxygen atoms in total. The van der Waals surface area contributed by atoms with Crippen LogP contribution in [0.4, 0.5) is 5.69 Å². The predicted octanol–water partition coefficient (Wildman–Crippen LogP) is 4.38. The number of rotatable bonds is 13. The molecule has 2 rings (SSSR count). The topological polar surface area (TPSA) is 102 Å². The second-order valence-electron chi connectivity index (χ2n) is 9.60. The van der Waals surface area contributed by atoms with Gasteiger partial charge in [-0.3, -0.25) is 19.2 Å². The molecule has 184 valence electrons. The fourth-order valence-electron chi connectivity index (χ4n) is 3.58. The lowest BCUT2D eigenvalue weighted by atomic mass is 9.81. The van der Waals surface area contributed by atoms with E-state index < -0.39 is 17.4 Å². The molecule has 0 aliphatic carbocycles. The molecule has 0 fully saturated rings. The summed E-state index contributed by atoms with van der Waals surface area (Å²) in [5.41, 5.74) is 7.21. The van der Waals surface area contributed by atoms with Crippen molar-refractivity contribution in [1.82, 2.24) is 10.4 Å². The minimum atomic E-state index is -0.734. The lowest BCUT2D eigenvalue weighted by molar-refractivity contribution is -0.182. The van der Waals surface area contributed by atoms with Crippen molar-refractivity contribution in [3.8, 4) is 0 Å². The molecule has 0 heterocycles. The van der Waals surface area contributed by atoms with Crippen LogP contribution in [0.25, 0.3) is 0 Å². The monoisotopic (exact) mass is 467 g/mol. The molecule has 7 heteroatoms. The molecule has 0 radical (unpaired) electrons. The van der Waals surface area contributed by atoms with E-state index in [2.05, 4.69) is 5.32 Å². The third-order valence-electron chi connectivity index (χ3n) is 5.64. The highest BCUT2D eigenvalue weighted by Crippen LogP contribution is 2.24. The first-order valence-electron chi connectivity index (χ1n) is 11.7. The van der Waals surface area contributed by atoms with E-state index in [1.165, 1.54) is 5.06 Å². The van der Waals surface area contributed by atoms with Gasteiger partial charge in [0.1, 0.15) is 6.61 Å². The SMILES string of the molecule is CCCC[C@H](CN(C=O)OCc1ccccc1)C(=O)N[C@H](C(=O)c1ccc(N)cc1)C(C)(C)C. The number of anilines is 1. The van der Waals surface area contributed by atoms with Crippen molar-refractivity contribution in [3.05, 3.63) is 65.7 Å². The molecule has 0 unspecified atom stereocenters. The summed E-state index contributed by atoms with van der Waals surface area (Å²) in [5, 5.41) is 4.13. The predicted molar refractivity (Wildman–Crippen MR) is 134 cm³/mol. The normalized spacial score (nSPS) is 13.1. The summed E-state index contributed by atoms with van der Waals surface area (Å²) in [6, 6.07) is 15.5. The van der Waals surface area contributed by atoms with Crippen LogP contribution in [0.1, 0.15) is 62.9 Å². The molecule has 0 bridgehead atoms. The number of nitrogen functional groups attached to an aromatic ring is 1. The maximum absolute atomic E-state index is 13.3. The summed E-state index contributed by atoms with van der Waals surface area (Å²) >= 11 is 0. The zero-order valence-corrected chi connectivity index (χ0v) is 20.6. The Bertz CT molecular complexity index is 923. The van der Waals surface area contributed by atoms with Crippen LogP contribution in [-0.4, -0.2) is 35.8 Å². The number of hydrogen-bond acceptors (Lipinski definition) is 5. The van der Waals surface area contributed by atoms with Gasteiger partial charge in [-0.1, -0.05) is 70.9 Å². The molecule has 0 aliphatic heterocycles. The molecule has 2 atom stereocenters. The van der Waals surface area contributed by atoms with Crippen molar-refractivity contribution >= 4 is 23.8 Å². The van der Waals surface area contributed by atoms with Crippen LogP contribution in [0.15, 0.2) is 54.6 Å². The number of carbonyl (C=O) groups excluding carboxylic acids is 3. The second-order valence-corrected chi connectivity index (χ2v) is 9.60. The first-order chi connectivity index (χ1) is 16.2. The fraction of sp³-hybridized carbons (Fsp3) is 0.444. The van der Waals surface area contributed by atoms with Crippen molar-refractivity contribution in [2.24, 2.45) is 11.3 Å². The summed E-state index contributed by atoms with van der Waals surface area (Å²) < 4.78 is 0. The van der Waals surface area contributed by atoms with Gasteiger partial charge in [0, 0.05) is 11.3 Å². The maximum atomic E-state index is 13.3. The molecule has 0 aliphatic rings. The summed E-state index contributed by atoms with van der Waals surface area (Å²) in [5.74, 6) is -0.958. The van der Waals surface area contributed by atoms with Gasteiger partial charge in [-0.2, -0.15) is 0 Å². The van der Waals surface area contributed by atoms with Crippen LogP contribution >= 0.6 is 0 Å². The minimum absolute atomic E-state index is 0.106. The zero-order chi connectivity index (χ0) is 25.1. The number of amides is 2. The van der Waals surface area contributed by atoms with Crippen molar-refractivity contribution in [1.29, 1.82) is 0 Å². The Hall–Kier alpha value is -3.19. The Labute approximate surface area is 202 Å². The van der Waals surface area contributed by atoms with Crippen molar-refractivity contribution in [3.63, 3.8) is 0 Å². The van der Waals surface area contributed by atoms with Gasteiger partial charge in [0.15, 0.2) is 5.78 Å². The van der Waals surface area contributed by atoms with Crippen LogP contribution < -0.4 is 11.1 Å². The first-order valence-corrected chi connectivity index (χ1v) is 11.7. The van der Waals surface area contributed by atoms with E-state index in [0.29, 0.717) is 24.1 Å². The van der Waals surface area contributed by atoms with Gasteiger partial charge in [0.05, 0.1) is 18.5 Å². The smallest absolute Gasteiger partial charge is 0.233 e. The maximum Gasteiger partial charge on any atom is 0.233 e. The zero-order valence-electron chi connectivity index (χ0n) is 20.6. The van der Waals surface area contributed by atoms with Crippen LogP contribution in [0.2, 0.25) is 0 Å². The number of Topliss-reactive ketones (excluding diaryl/α,β-unsaturated/α-hetero) is 1. The third-order valence-corrected chi connectivity index (χ3v) is 5.64. The molecule has 0 spiro atoms. The van der Waals surface area contributed by atoms with Gasteiger partial charge < -0.3 is 11.1 Å². The van der Waals surface area contributed by atoms with E-state index in [1.54, 1.807) is 24.3 Å². The standard InChI is InChI=1S/C27H37N3O4/c1-5-6-12-22(17-30(19-31)34-18-20-10-8-7-9-11-20)26(33)29-25(27(2,3)4)24(32)21-13-15-23(28)16-14-21/h7-11,13-16,19,22,25H,5-6,12,17-18,28H2,1-4H3,(H,29,33)/t22-,25-/m1/s1. The number of hydroxylamine groups is 2. The van der Waals surface area contributed by atoms with E-state index in [1.807, 2.05) is 58.0 Å².